The molecule has 0 aromatic heterocycles. The van der Waals surface area contributed by atoms with Crippen molar-refractivity contribution in [3.05, 3.63) is 63.9 Å². The molecular weight excluding hydrogens is 468 g/mol. The highest BCUT2D eigenvalue weighted by Gasteiger charge is 2.30. The first-order valence-electron chi connectivity index (χ1n) is 9.12. The maximum atomic E-state index is 13.3. The molecule has 168 valence electrons. The van der Waals surface area contributed by atoms with E-state index in [4.69, 9.17) is 23.2 Å². The lowest BCUT2D eigenvalue weighted by atomic mass is 10.1. The minimum absolute atomic E-state index is 0.0511. The molecule has 2 rings (SSSR count). The number of likely N-dealkylation sites (N-methyl/N-ethyl adjacent to an activating group) is 1. The quantitative estimate of drug-likeness (QED) is 0.617. The molecular formula is C20H22Cl2FN3O4S. The van der Waals surface area contributed by atoms with Crippen molar-refractivity contribution in [2.75, 3.05) is 24.2 Å². The number of carbonyl (C=O) groups is 2. The van der Waals surface area contributed by atoms with Crippen LogP contribution in [-0.4, -0.2) is 51.0 Å². The van der Waals surface area contributed by atoms with E-state index in [0.717, 1.165) is 22.7 Å². The fourth-order valence-electron chi connectivity index (χ4n) is 2.85. The number of rotatable bonds is 8. The third-order valence-corrected chi connectivity index (χ3v) is 6.29. The molecule has 31 heavy (non-hydrogen) atoms. The van der Waals surface area contributed by atoms with Gasteiger partial charge in [0.25, 0.3) is 0 Å². The largest absolute Gasteiger partial charge is 0.357 e. The Bertz CT molecular complexity index is 1060. The Morgan fingerprint density at radius 1 is 1.13 bits per heavy atom. The number of carbonyl (C=O) groups excluding carboxylic acids is 2. The third kappa shape index (κ3) is 6.56. The van der Waals surface area contributed by atoms with Crippen molar-refractivity contribution in [3.63, 3.8) is 0 Å². The predicted octanol–water partition coefficient (Wildman–Crippen LogP) is 3.06. The summed E-state index contributed by atoms with van der Waals surface area (Å²) in [5.41, 5.74) is 0.650. The van der Waals surface area contributed by atoms with Gasteiger partial charge in [0.1, 0.15) is 18.4 Å². The van der Waals surface area contributed by atoms with E-state index in [-0.39, 0.29) is 12.2 Å². The zero-order chi connectivity index (χ0) is 23.3. The van der Waals surface area contributed by atoms with Gasteiger partial charge in [-0.05, 0) is 48.9 Å². The Labute approximate surface area is 190 Å². The van der Waals surface area contributed by atoms with Crippen LogP contribution < -0.4 is 9.62 Å². The maximum Gasteiger partial charge on any atom is 0.244 e. The van der Waals surface area contributed by atoms with Gasteiger partial charge in [-0.25, -0.2) is 12.8 Å². The van der Waals surface area contributed by atoms with Crippen molar-refractivity contribution >= 4 is 50.7 Å². The van der Waals surface area contributed by atoms with E-state index in [1.165, 1.54) is 37.1 Å². The minimum Gasteiger partial charge on any atom is -0.357 e. The molecule has 0 aliphatic heterocycles. The molecule has 1 N–H and O–H groups in total. The summed E-state index contributed by atoms with van der Waals surface area (Å²) >= 11 is 12.1. The van der Waals surface area contributed by atoms with Gasteiger partial charge in [-0.2, -0.15) is 0 Å². The standard InChI is InChI=1S/C20H22Cl2FN3O4S/c1-13(20(28)24-2)25(11-14-4-5-15(21)10-18(14)22)19(27)12-26(31(3,29)30)17-8-6-16(23)7-9-17/h4-10,13H,11-12H2,1-3H3,(H,24,28). The Kier molecular flexibility index (Phi) is 8.27. The number of nitrogens with one attached hydrogen (secondary N) is 1. The molecule has 0 aliphatic rings. The number of hydrogen-bond donors (Lipinski definition) is 1. The number of anilines is 1. The van der Waals surface area contributed by atoms with E-state index >= 15 is 0 Å². The monoisotopic (exact) mass is 489 g/mol. The maximum absolute atomic E-state index is 13.3. The normalized spacial score (nSPS) is 12.2. The molecule has 2 amide bonds. The van der Waals surface area contributed by atoms with Gasteiger partial charge in [-0.1, -0.05) is 29.3 Å². The second-order valence-electron chi connectivity index (χ2n) is 6.79. The predicted molar refractivity (Wildman–Crippen MR) is 119 cm³/mol. The van der Waals surface area contributed by atoms with Crippen LogP contribution >= 0.6 is 23.2 Å². The second-order valence-corrected chi connectivity index (χ2v) is 9.54. The van der Waals surface area contributed by atoms with Gasteiger partial charge in [0.05, 0.1) is 11.9 Å². The summed E-state index contributed by atoms with van der Waals surface area (Å²) in [7, 11) is -2.45. The van der Waals surface area contributed by atoms with Crippen LogP contribution in [-0.2, 0) is 26.2 Å². The van der Waals surface area contributed by atoms with Crippen LogP contribution in [0.5, 0.6) is 0 Å². The lowest BCUT2D eigenvalue weighted by molar-refractivity contribution is -0.139. The van der Waals surface area contributed by atoms with E-state index in [9.17, 15) is 22.4 Å². The molecule has 0 heterocycles. The summed E-state index contributed by atoms with van der Waals surface area (Å²) in [6, 6.07) is 8.50. The molecule has 2 aromatic carbocycles. The topological polar surface area (TPSA) is 86.8 Å². The summed E-state index contributed by atoms with van der Waals surface area (Å²) in [5.74, 6) is -1.63. The first-order valence-corrected chi connectivity index (χ1v) is 11.7. The highest BCUT2D eigenvalue weighted by Crippen LogP contribution is 2.24. The molecule has 1 atom stereocenters. The fraction of sp³-hybridized carbons (Fsp3) is 0.300. The van der Waals surface area contributed by atoms with Crippen LogP contribution in [0.3, 0.4) is 0 Å². The molecule has 1 unspecified atom stereocenters. The van der Waals surface area contributed by atoms with Crippen LogP contribution in [0.2, 0.25) is 10.0 Å². The lowest BCUT2D eigenvalue weighted by Crippen LogP contribution is -2.50. The number of benzene rings is 2. The zero-order valence-corrected chi connectivity index (χ0v) is 19.4. The summed E-state index contributed by atoms with van der Waals surface area (Å²) in [6.07, 6.45) is 0.937. The van der Waals surface area contributed by atoms with E-state index < -0.39 is 40.2 Å². The third-order valence-electron chi connectivity index (χ3n) is 4.56. The second kappa shape index (κ2) is 10.3. The van der Waals surface area contributed by atoms with Crippen molar-refractivity contribution in [1.29, 1.82) is 0 Å². The first kappa shape index (κ1) is 24.9. The van der Waals surface area contributed by atoms with E-state index in [1.807, 2.05) is 0 Å². The molecule has 0 saturated carbocycles. The van der Waals surface area contributed by atoms with Gasteiger partial charge in [-0.15, -0.1) is 0 Å². The number of sulfonamides is 1. The molecule has 0 spiro atoms. The van der Waals surface area contributed by atoms with Crippen molar-refractivity contribution < 1.29 is 22.4 Å². The van der Waals surface area contributed by atoms with Crippen molar-refractivity contribution in [3.8, 4) is 0 Å². The number of amides is 2. The van der Waals surface area contributed by atoms with E-state index in [1.54, 1.807) is 12.1 Å². The van der Waals surface area contributed by atoms with Gasteiger partial charge < -0.3 is 10.2 Å². The Morgan fingerprint density at radius 2 is 1.74 bits per heavy atom. The van der Waals surface area contributed by atoms with Crippen LogP contribution in [0.4, 0.5) is 10.1 Å². The Morgan fingerprint density at radius 3 is 2.26 bits per heavy atom. The highest BCUT2D eigenvalue weighted by atomic mass is 35.5. The Hall–Kier alpha value is -2.36. The average Bonchev–Trinajstić information content (AvgIpc) is 2.70. The van der Waals surface area contributed by atoms with Gasteiger partial charge in [-0.3, -0.25) is 13.9 Å². The van der Waals surface area contributed by atoms with Crippen LogP contribution in [0.25, 0.3) is 0 Å². The molecule has 2 aromatic rings. The number of hydrogen-bond acceptors (Lipinski definition) is 4. The molecule has 0 fully saturated rings. The first-order chi connectivity index (χ1) is 14.4. The molecule has 7 nitrogen and oxygen atoms in total. The van der Waals surface area contributed by atoms with Gasteiger partial charge in [0.2, 0.25) is 21.8 Å². The summed E-state index contributed by atoms with van der Waals surface area (Å²) < 4.78 is 38.8. The van der Waals surface area contributed by atoms with Crippen LogP contribution in [0.15, 0.2) is 42.5 Å². The van der Waals surface area contributed by atoms with Crippen molar-refractivity contribution in [1.82, 2.24) is 10.2 Å². The van der Waals surface area contributed by atoms with Crippen molar-refractivity contribution in [2.45, 2.75) is 19.5 Å². The molecule has 0 radical (unpaired) electrons. The average molecular weight is 490 g/mol. The van der Waals surface area contributed by atoms with E-state index in [2.05, 4.69) is 5.32 Å². The van der Waals surface area contributed by atoms with Crippen LogP contribution in [0.1, 0.15) is 12.5 Å². The van der Waals surface area contributed by atoms with Gasteiger partial charge in [0, 0.05) is 23.6 Å². The van der Waals surface area contributed by atoms with Gasteiger partial charge in [0.15, 0.2) is 0 Å². The number of halogens is 3. The van der Waals surface area contributed by atoms with E-state index in [0.29, 0.717) is 15.6 Å². The minimum atomic E-state index is -3.88. The number of nitrogens with zero attached hydrogens (tertiary/aromatic N) is 2. The fourth-order valence-corrected chi connectivity index (χ4v) is 4.16. The lowest BCUT2D eigenvalue weighted by Gasteiger charge is -2.31. The molecule has 0 bridgehead atoms. The summed E-state index contributed by atoms with van der Waals surface area (Å²) in [6.45, 7) is 0.880. The SMILES string of the molecule is CNC(=O)C(C)N(Cc1ccc(Cl)cc1Cl)C(=O)CN(c1ccc(F)cc1)S(C)(=O)=O. The summed E-state index contributed by atoms with van der Waals surface area (Å²) in [4.78, 5) is 26.6. The molecule has 0 aliphatic carbocycles. The zero-order valence-electron chi connectivity index (χ0n) is 17.1. The Balaban J connectivity index is 2.40. The van der Waals surface area contributed by atoms with Crippen molar-refractivity contribution in [2.24, 2.45) is 0 Å². The van der Waals surface area contributed by atoms with Gasteiger partial charge >= 0.3 is 0 Å². The highest BCUT2D eigenvalue weighted by molar-refractivity contribution is 7.92. The molecule has 11 heteroatoms. The molecule has 0 saturated heterocycles. The smallest absolute Gasteiger partial charge is 0.244 e. The van der Waals surface area contributed by atoms with Crippen LogP contribution in [0, 0.1) is 5.82 Å². The summed E-state index contributed by atoms with van der Waals surface area (Å²) in [5, 5.41) is 3.18.